The predicted molar refractivity (Wildman–Crippen MR) is 98.8 cm³/mol. The maximum absolute atomic E-state index is 10.6. The summed E-state index contributed by atoms with van der Waals surface area (Å²) >= 11 is 0. The second kappa shape index (κ2) is 6.61. The number of aliphatic imine (C=N–C) groups is 1. The number of phenolic OH excluding ortho intramolecular Hbond substituents is 1. The third kappa shape index (κ3) is 2.85. The van der Waals surface area contributed by atoms with Crippen molar-refractivity contribution in [3.63, 3.8) is 0 Å². The van der Waals surface area contributed by atoms with E-state index in [0.29, 0.717) is 22.4 Å². The minimum absolute atomic E-state index is 0.0107. The van der Waals surface area contributed by atoms with Gasteiger partial charge in [0.1, 0.15) is 40.8 Å². The van der Waals surface area contributed by atoms with Crippen LogP contribution in [-0.4, -0.2) is 23.2 Å². The first-order valence-corrected chi connectivity index (χ1v) is 7.77. The number of phenols is 1. The van der Waals surface area contributed by atoms with Gasteiger partial charge in [0.15, 0.2) is 6.19 Å². The van der Waals surface area contributed by atoms with E-state index in [2.05, 4.69) is 20.6 Å². The number of aromatic hydroxyl groups is 1. The fourth-order valence-electron chi connectivity index (χ4n) is 2.90. The molecule has 0 saturated carbocycles. The number of guanidine groups is 1. The summed E-state index contributed by atoms with van der Waals surface area (Å²) in [5.74, 6) is 0.785. The highest BCUT2D eigenvalue weighted by molar-refractivity contribution is 5.98. The van der Waals surface area contributed by atoms with Crippen molar-refractivity contribution in [1.29, 1.82) is 10.5 Å². The van der Waals surface area contributed by atoms with Gasteiger partial charge < -0.3 is 26.6 Å². The highest BCUT2D eigenvalue weighted by Crippen LogP contribution is 2.44. The van der Waals surface area contributed by atoms with Crippen molar-refractivity contribution in [2.45, 2.75) is 13.0 Å². The van der Waals surface area contributed by atoms with Crippen LogP contribution >= 0.6 is 0 Å². The number of rotatable bonds is 2. The van der Waals surface area contributed by atoms with Crippen LogP contribution in [0.5, 0.6) is 11.5 Å². The largest absolute Gasteiger partial charge is 0.507 e. The number of hydrogen-bond acceptors (Lipinski definition) is 10. The number of fused-ring (bicyclic) bond motifs is 1. The van der Waals surface area contributed by atoms with E-state index in [0.717, 1.165) is 0 Å². The van der Waals surface area contributed by atoms with Crippen molar-refractivity contribution in [2.75, 3.05) is 23.9 Å². The molecule has 1 aliphatic rings. The Bertz CT molecular complexity index is 1050. The van der Waals surface area contributed by atoms with Crippen molar-refractivity contribution in [2.24, 2.45) is 4.99 Å². The summed E-state index contributed by atoms with van der Waals surface area (Å²) in [7, 11) is 1.50. The average molecular weight is 364 g/mol. The monoisotopic (exact) mass is 364 g/mol. The van der Waals surface area contributed by atoms with Crippen molar-refractivity contribution >= 4 is 23.3 Å². The lowest BCUT2D eigenvalue weighted by atomic mass is 9.93. The van der Waals surface area contributed by atoms with Gasteiger partial charge >= 0.3 is 0 Å². The molecule has 136 valence electrons. The first-order chi connectivity index (χ1) is 12.9. The molecule has 10 heteroatoms. The van der Waals surface area contributed by atoms with Crippen molar-refractivity contribution in [3.8, 4) is 23.8 Å². The molecule has 10 nitrogen and oxygen atoms in total. The molecule has 0 spiro atoms. The van der Waals surface area contributed by atoms with Crippen LogP contribution in [0.25, 0.3) is 0 Å². The Kier molecular flexibility index (Phi) is 4.32. The molecule has 0 radical (unpaired) electrons. The fraction of sp³-hybridized carbons (Fsp3) is 0.176. The maximum Gasteiger partial charge on any atom is 0.211 e. The number of nitrogens with two attached hydrogens (primary N) is 2. The van der Waals surface area contributed by atoms with E-state index in [1.165, 1.54) is 7.11 Å². The molecular weight excluding hydrogens is 348 g/mol. The lowest BCUT2D eigenvalue weighted by Gasteiger charge is -2.27. The smallest absolute Gasteiger partial charge is 0.211 e. The molecule has 1 atom stereocenters. The zero-order chi connectivity index (χ0) is 19.7. The Balaban J connectivity index is 2.32. The van der Waals surface area contributed by atoms with Crippen LogP contribution in [0.3, 0.4) is 0 Å². The first kappa shape index (κ1) is 17.6. The van der Waals surface area contributed by atoms with E-state index in [1.54, 1.807) is 25.2 Å². The second-order valence-electron chi connectivity index (χ2n) is 5.78. The van der Waals surface area contributed by atoms with Crippen molar-refractivity contribution < 1.29 is 9.84 Å². The Morgan fingerprint density at radius 3 is 2.70 bits per heavy atom. The zero-order valence-electron chi connectivity index (χ0n) is 14.5. The quantitative estimate of drug-likeness (QED) is 0.385. The highest BCUT2D eigenvalue weighted by atomic mass is 16.5. The molecule has 0 bridgehead atoms. The molecule has 3 rings (SSSR count). The summed E-state index contributed by atoms with van der Waals surface area (Å²) in [6.45, 7) is 1.72. The minimum Gasteiger partial charge on any atom is -0.507 e. The van der Waals surface area contributed by atoms with Gasteiger partial charge in [-0.2, -0.15) is 10.5 Å². The number of aryl methyl sites for hydroxylation is 1. The van der Waals surface area contributed by atoms with Gasteiger partial charge in [-0.25, -0.2) is 9.98 Å². The third-order valence-corrected chi connectivity index (χ3v) is 4.19. The van der Waals surface area contributed by atoms with E-state index in [-0.39, 0.29) is 34.6 Å². The molecule has 0 saturated heterocycles. The van der Waals surface area contributed by atoms with Crippen LogP contribution in [0.1, 0.15) is 28.3 Å². The lowest BCUT2D eigenvalue weighted by Crippen LogP contribution is -2.32. The number of nitrogen functional groups attached to an aromatic ring is 2. The van der Waals surface area contributed by atoms with Crippen LogP contribution < -0.4 is 26.8 Å². The van der Waals surface area contributed by atoms with E-state index in [9.17, 15) is 10.4 Å². The average Bonchev–Trinajstić information content (AvgIpc) is 2.63. The summed E-state index contributed by atoms with van der Waals surface area (Å²) in [4.78, 5) is 8.58. The van der Waals surface area contributed by atoms with Crippen LogP contribution in [0, 0.1) is 29.7 Å². The Labute approximate surface area is 154 Å². The molecule has 0 aliphatic carbocycles. The number of benzene rings is 1. The van der Waals surface area contributed by atoms with Crippen molar-refractivity contribution in [3.05, 3.63) is 34.4 Å². The molecule has 2 aromatic rings. The standard InChI is InChI=1S/C17H16N8O2/c1-7-3-8(27-2)4-9(14(7)26)13-11-12(20)10(5-18)15(21)24-16(11)25-17(23-13)22-6-19/h3-4,13,26H,1-2H3,(H6,20,21,22,23,24,25). The zero-order valence-corrected chi connectivity index (χ0v) is 14.5. The molecule has 0 amide bonds. The van der Waals surface area contributed by atoms with E-state index in [4.69, 9.17) is 21.5 Å². The van der Waals surface area contributed by atoms with Crippen LogP contribution in [-0.2, 0) is 0 Å². The first-order valence-electron chi connectivity index (χ1n) is 7.77. The van der Waals surface area contributed by atoms with E-state index < -0.39 is 6.04 Å². The number of ether oxygens (including phenoxy) is 1. The SMILES string of the molecule is COc1cc(C)c(O)c(C2N=C(NC#N)Nc3nc(N)c(C#N)c(N)c32)c1. The van der Waals surface area contributed by atoms with Crippen LogP contribution in [0.2, 0.25) is 0 Å². The molecule has 7 N–H and O–H groups in total. The molecule has 1 aromatic carbocycles. The number of nitrogens with one attached hydrogen (secondary N) is 2. The lowest BCUT2D eigenvalue weighted by molar-refractivity contribution is 0.409. The minimum atomic E-state index is -0.842. The molecule has 1 unspecified atom stereocenters. The van der Waals surface area contributed by atoms with Crippen LogP contribution in [0.4, 0.5) is 17.3 Å². The predicted octanol–water partition coefficient (Wildman–Crippen LogP) is 1.08. The van der Waals surface area contributed by atoms with Gasteiger partial charge in [0.05, 0.1) is 12.8 Å². The second-order valence-corrected chi connectivity index (χ2v) is 5.78. The van der Waals surface area contributed by atoms with Gasteiger partial charge in [-0.3, -0.25) is 5.32 Å². The van der Waals surface area contributed by atoms with Crippen LogP contribution in [0.15, 0.2) is 17.1 Å². The van der Waals surface area contributed by atoms with Gasteiger partial charge in [-0.05, 0) is 24.6 Å². The van der Waals surface area contributed by atoms with Gasteiger partial charge in [-0.1, -0.05) is 0 Å². The summed E-state index contributed by atoms with van der Waals surface area (Å²) in [6.07, 6.45) is 1.77. The summed E-state index contributed by atoms with van der Waals surface area (Å²) in [5, 5.41) is 34.1. The Morgan fingerprint density at radius 1 is 1.33 bits per heavy atom. The summed E-state index contributed by atoms with van der Waals surface area (Å²) in [5.41, 5.74) is 13.4. The van der Waals surface area contributed by atoms with Gasteiger partial charge in [-0.15, -0.1) is 0 Å². The van der Waals surface area contributed by atoms with E-state index >= 15 is 0 Å². The third-order valence-electron chi connectivity index (χ3n) is 4.19. The van der Waals surface area contributed by atoms with Gasteiger partial charge in [0.2, 0.25) is 5.96 Å². The topological polar surface area (TPSA) is 178 Å². The number of hydrogen-bond donors (Lipinski definition) is 5. The highest BCUT2D eigenvalue weighted by Gasteiger charge is 2.31. The summed E-state index contributed by atoms with van der Waals surface area (Å²) in [6, 6.07) is 4.36. The molecule has 2 heterocycles. The molecule has 0 fully saturated rings. The van der Waals surface area contributed by atoms with Gasteiger partial charge in [0, 0.05) is 11.1 Å². The number of pyridine rings is 1. The fourth-order valence-corrected chi connectivity index (χ4v) is 2.90. The normalized spacial score (nSPS) is 14.8. The van der Waals surface area contributed by atoms with Crippen molar-refractivity contribution in [1.82, 2.24) is 10.3 Å². The molecule has 1 aromatic heterocycles. The van der Waals surface area contributed by atoms with Gasteiger partial charge in [0.25, 0.3) is 0 Å². The molecular formula is C17H16N8O2. The number of aromatic nitrogens is 1. The summed E-state index contributed by atoms with van der Waals surface area (Å²) < 4.78 is 5.28. The Hall–Kier alpha value is -4.18. The molecule has 1 aliphatic heterocycles. The Morgan fingerprint density at radius 2 is 2.07 bits per heavy atom. The van der Waals surface area contributed by atoms with E-state index in [1.807, 2.05) is 6.07 Å². The number of nitriles is 2. The number of methoxy groups -OCH3 is 1. The number of anilines is 3. The number of nitrogens with zero attached hydrogens (tertiary/aromatic N) is 4. The molecule has 27 heavy (non-hydrogen) atoms. The maximum atomic E-state index is 10.6.